The fourth-order valence-electron chi connectivity index (χ4n) is 2.37. The van der Waals surface area contributed by atoms with Crippen LogP contribution in [0, 0.1) is 5.92 Å². The summed E-state index contributed by atoms with van der Waals surface area (Å²) in [7, 11) is 0. The summed E-state index contributed by atoms with van der Waals surface area (Å²) in [5.74, 6) is 1.61. The van der Waals surface area contributed by atoms with E-state index < -0.39 is 0 Å². The minimum Gasteiger partial charge on any atom is -0.457 e. The van der Waals surface area contributed by atoms with Crippen molar-refractivity contribution in [3.63, 3.8) is 0 Å². The number of rotatable bonds is 7. The Labute approximate surface area is 142 Å². The number of benzene rings is 2. The SMILES string of the molecule is CC(O)CC(C)CNC(=O)Nc1cccc(Oc2ccccc2)c1. The number of aliphatic hydroxyl groups excluding tert-OH is 1. The van der Waals surface area contributed by atoms with Gasteiger partial charge in [0.15, 0.2) is 0 Å². The molecule has 2 amide bonds. The summed E-state index contributed by atoms with van der Waals surface area (Å²) in [6, 6.07) is 16.4. The van der Waals surface area contributed by atoms with Crippen molar-refractivity contribution in [3.8, 4) is 11.5 Å². The van der Waals surface area contributed by atoms with Crippen molar-refractivity contribution in [3.05, 3.63) is 54.6 Å². The third-order valence-electron chi connectivity index (χ3n) is 3.43. The highest BCUT2D eigenvalue weighted by Crippen LogP contribution is 2.23. The van der Waals surface area contributed by atoms with E-state index in [1.807, 2.05) is 49.4 Å². The number of urea groups is 1. The molecule has 5 heteroatoms. The lowest BCUT2D eigenvalue weighted by Gasteiger charge is -2.15. The first-order chi connectivity index (χ1) is 11.5. The number of nitrogens with one attached hydrogen (secondary N) is 2. The first-order valence-electron chi connectivity index (χ1n) is 8.09. The van der Waals surface area contributed by atoms with E-state index in [9.17, 15) is 9.90 Å². The van der Waals surface area contributed by atoms with Gasteiger partial charge in [0.1, 0.15) is 11.5 Å². The lowest BCUT2D eigenvalue weighted by Crippen LogP contribution is -2.33. The van der Waals surface area contributed by atoms with Crippen molar-refractivity contribution in [2.45, 2.75) is 26.4 Å². The molecule has 24 heavy (non-hydrogen) atoms. The summed E-state index contributed by atoms with van der Waals surface area (Å²) in [5, 5.41) is 14.9. The van der Waals surface area contributed by atoms with E-state index in [4.69, 9.17) is 4.74 Å². The maximum atomic E-state index is 11.9. The number of hydrogen-bond acceptors (Lipinski definition) is 3. The second-order valence-electron chi connectivity index (χ2n) is 5.97. The molecule has 0 heterocycles. The zero-order chi connectivity index (χ0) is 17.4. The number of ether oxygens (including phenoxy) is 1. The Bertz CT molecular complexity index is 644. The molecule has 0 aliphatic carbocycles. The number of aliphatic hydroxyl groups is 1. The number of para-hydroxylation sites is 1. The standard InChI is InChI=1S/C19H24N2O3/c1-14(11-15(2)22)13-20-19(23)21-16-7-6-10-18(12-16)24-17-8-4-3-5-9-17/h3-10,12,14-15,22H,11,13H2,1-2H3,(H2,20,21,23). The molecule has 2 rings (SSSR count). The van der Waals surface area contributed by atoms with E-state index in [2.05, 4.69) is 10.6 Å². The van der Waals surface area contributed by atoms with E-state index in [0.717, 1.165) is 5.75 Å². The Hall–Kier alpha value is -2.53. The van der Waals surface area contributed by atoms with Crippen molar-refractivity contribution in [2.24, 2.45) is 5.92 Å². The predicted molar refractivity (Wildman–Crippen MR) is 95.4 cm³/mol. The molecule has 2 atom stereocenters. The normalized spacial score (nSPS) is 13.0. The van der Waals surface area contributed by atoms with Gasteiger partial charge in [-0.2, -0.15) is 0 Å². The zero-order valence-electron chi connectivity index (χ0n) is 14.0. The molecule has 0 aromatic heterocycles. The zero-order valence-corrected chi connectivity index (χ0v) is 14.0. The van der Waals surface area contributed by atoms with Gasteiger partial charge in [0, 0.05) is 18.3 Å². The molecule has 0 radical (unpaired) electrons. The van der Waals surface area contributed by atoms with Crippen LogP contribution in [0.5, 0.6) is 11.5 Å². The number of carbonyl (C=O) groups excluding carboxylic acids is 1. The van der Waals surface area contributed by atoms with Crippen LogP contribution in [0.1, 0.15) is 20.3 Å². The predicted octanol–water partition coefficient (Wildman–Crippen LogP) is 4.01. The summed E-state index contributed by atoms with van der Waals surface area (Å²) >= 11 is 0. The van der Waals surface area contributed by atoms with Gasteiger partial charge in [-0.3, -0.25) is 0 Å². The third kappa shape index (κ3) is 6.30. The summed E-state index contributed by atoms with van der Waals surface area (Å²) in [5.41, 5.74) is 0.657. The Balaban J connectivity index is 1.86. The van der Waals surface area contributed by atoms with E-state index in [1.165, 1.54) is 0 Å². The van der Waals surface area contributed by atoms with Crippen LogP contribution in [0.3, 0.4) is 0 Å². The number of carbonyl (C=O) groups is 1. The molecular formula is C19H24N2O3. The molecule has 2 aromatic rings. The topological polar surface area (TPSA) is 70.6 Å². The summed E-state index contributed by atoms with van der Waals surface area (Å²) < 4.78 is 5.74. The summed E-state index contributed by atoms with van der Waals surface area (Å²) in [6.45, 7) is 4.24. The highest BCUT2D eigenvalue weighted by molar-refractivity contribution is 5.89. The molecule has 2 unspecified atom stereocenters. The van der Waals surface area contributed by atoms with Gasteiger partial charge in [-0.15, -0.1) is 0 Å². The molecule has 128 valence electrons. The summed E-state index contributed by atoms with van der Waals surface area (Å²) in [6.07, 6.45) is 0.289. The minimum absolute atomic E-state index is 0.212. The van der Waals surface area contributed by atoms with Gasteiger partial charge < -0.3 is 20.5 Å². The maximum Gasteiger partial charge on any atom is 0.319 e. The van der Waals surface area contributed by atoms with Crippen molar-refractivity contribution in [2.75, 3.05) is 11.9 Å². The molecule has 0 bridgehead atoms. The first-order valence-corrected chi connectivity index (χ1v) is 8.09. The van der Waals surface area contributed by atoms with Crippen molar-refractivity contribution in [1.29, 1.82) is 0 Å². The molecule has 0 aliphatic rings. The van der Waals surface area contributed by atoms with Crippen LogP contribution >= 0.6 is 0 Å². The highest BCUT2D eigenvalue weighted by atomic mass is 16.5. The largest absolute Gasteiger partial charge is 0.457 e. The van der Waals surface area contributed by atoms with E-state index >= 15 is 0 Å². The number of amides is 2. The quantitative estimate of drug-likeness (QED) is 0.719. The van der Waals surface area contributed by atoms with Crippen LogP contribution in [0.2, 0.25) is 0 Å². The molecule has 0 fully saturated rings. The van der Waals surface area contributed by atoms with Crippen LogP contribution in [-0.2, 0) is 0 Å². The second kappa shape index (κ2) is 8.93. The van der Waals surface area contributed by atoms with Crippen LogP contribution in [0.15, 0.2) is 54.6 Å². The van der Waals surface area contributed by atoms with Gasteiger partial charge in [0.2, 0.25) is 0 Å². The smallest absolute Gasteiger partial charge is 0.319 e. The average molecular weight is 328 g/mol. The lowest BCUT2D eigenvalue weighted by atomic mass is 10.1. The molecule has 3 N–H and O–H groups in total. The van der Waals surface area contributed by atoms with E-state index in [0.29, 0.717) is 24.4 Å². The van der Waals surface area contributed by atoms with Gasteiger partial charge in [0.05, 0.1) is 6.10 Å². The van der Waals surface area contributed by atoms with Crippen LogP contribution < -0.4 is 15.4 Å². The van der Waals surface area contributed by atoms with Crippen molar-refractivity contribution in [1.82, 2.24) is 5.32 Å². The first kappa shape index (κ1) is 17.8. The monoisotopic (exact) mass is 328 g/mol. The van der Waals surface area contributed by atoms with E-state index in [1.54, 1.807) is 19.1 Å². The molecule has 0 saturated carbocycles. The van der Waals surface area contributed by atoms with Crippen molar-refractivity contribution >= 4 is 11.7 Å². The van der Waals surface area contributed by atoms with Gasteiger partial charge in [-0.1, -0.05) is 31.2 Å². The van der Waals surface area contributed by atoms with Crippen LogP contribution in [0.25, 0.3) is 0 Å². The lowest BCUT2D eigenvalue weighted by molar-refractivity contribution is 0.163. The average Bonchev–Trinajstić information content (AvgIpc) is 2.54. The molecule has 0 spiro atoms. The Kier molecular flexibility index (Phi) is 6.63. The fourth-order valence-corrected chi connectivity index (χ4v) is 2.37. The van der Waals surface area contributed by atoms with Gasteiger partial charge in [-0.05, 0) is 43.5 Å². The fraction of sp³-hybridized carbons (Fsp3) is 0.316. The molecule has 2 aromatic carbocycles. The third-order valence-corrected chi connectivity index (χ3v) is 3.43. The van der Waals surface area contributed by atoms with Gasteiger partial charge in [-0.25, -0.2) is 4.79 Å². The molecule has 5 nitrogen and oxygen atoms in total. The Morgan fingerprint density at radius 1 is 1.08 bits per heavy atom. The second-order valence-corrected chi connectivity index (χ2v) is 5.97. The van der Waals surface area contributed by atoms with Crippen molar-refractivity contribution < 1.29 is 14.6 Å². The maximum absolute atomic E-state index is 11.9. The molecule has 0 aliphatic heterocycles. The Morgan fingerprint density at radius 3 is 2.50 bits per heavy atom. The van der Waals surface area contributed by atoms with Gasteiger partial charge in [0.25, 0.3) is 0 Å². The molecule has 0 saturated heterocycles. The Morgan fingerprint density at radius 2 is 1.79 bits per heavy atom. The van der Waals surface area contributed by atoms with E-state index in [-0.39, 0.29) is 18.1 Å². The van der Waals surface area contributed by atoms with Crippen LogP contribution in [0.4, 0.5) is 10.5 Å². The highest BCUT2D eigenvalue weighted by Gasteiger charge is 2.08. The number of hydrogen-bond donors (Lipinski definition) is 3. The minimum atomic E-state index is -0.364. The van der Waals surface area contributed by atoms with Gasteiger partial charge >= 0.3 is 6.03 Å². The number of anilines is 1. The molecular weight excluding hydrogens is 304 g/mol. The summed E-state index contributed by atoms with van der Waals surface area (Å²) in [4.78, 5) is 11.9. The van der Waals surface area contributed by atoms with Crippen LogP contribution in [-0.4, -0.2) is 23.8 Å².